The molecule has 4 aliphatic heterocycles. The predicted molar refractivity (Wildman–Crippen MR) is 170 cm³/mol. The van der Waals surface area contributed by atoms with E-state index in [2.05, 4.69) is 73.0 Å². The van der Waals surface area contributed by atoms with E-state index >= 15 is 0 Å². The Morgan fingerprint density at radius 3 is 1.85 bits per heavy atom. The van der Waals surface area contributed by atoms with Crippen molar-refractivity contribution in [1.82, 2.24) is 0 Å². The number of fused-ring (bicyclic) bond motifs is 5. The fourth-order valence-corrected chi connectivity index (χ4v) is 8.81. The Morgan fingerprint density at radius 2 is 1.24 bits per heavy atom. The van der Waals surface area contributed by atoms with E-state index in [0.29, 0.717) is 40.2 Å². The fourth-order valence-electron chi connectivity index (χ4n) is 8.60. The van der Waals surface area contributed by atoms with E-state index < -0.39 is 0 Å². The van der Waals surface area contributed by atoms with E-state index in [1.807, 2.05) is 25.1 Å². The van der Waals surface area contributed by atoms with E-state index in [0.717, 1.165) is 22.4 Å². The van der Waals surface area contributed by atoms with Gasteiger partial charge in [0.15, 0.2) is 0 Å². The van der Waals surface area contributed by atoms with Crippen LogP contribution in [0.4, 0.5) is 11.4 Å². The topological polar surface area (TPSA) is 54.1 Å². The average Bonchev–Trinajstić information content (AvgIpc) is 3.39. The molecule has 4 bridgehead atoms. The smallest absolute Gasteiger partial charge is 0.101 e. The Morgan fingerprint density at radius 1 is 0.732 bits per heavy atom. The summed E-state index contributed by atoms with van der Waals surface area (Å²) in [6, 6.07) is 23.6. The van der Waals surface area contributed by atoms with E-state index in [4.69, 9.17) is 16.9 Å². The van der Waals surface area contributed by atoms with E-state index in [1.54, 1.807) is 0 Å². The molecular formula is C36H41ClN4. The molecule has 0 radical (unpaired) electrons. The third kappa shape index (κ3) is 5.06. The first kappa shape index (κ1) is 27.9. The standard InChI is InChI=1S/C19H20N2.C17H21ClN2/c1-13-10-15-7-8-16(11-13)21(15)19-9-6-14(12-20)17-4-2-3-5-18(17)19;1-11-15(7-4-12(10-19)16(11)18)20-13-5-6-14(20)9-17(2,3)8-13/h2-6,9,13,15-16H,7-8,10-11H2,1H3;4,7,13-14H,5-6,8-9H2,1-3H3. The van der Waals surface area contributed by atoms with Crippen LogP contribution in [-0.2, 0) is 0 Å². The number of rotatable bonds is 2. The predicted octanol–water partition coefficient (Wildman–Crippen LogP) is 9.16. The summed E-state index contributed by atoms with van der Waals surface area (Å²) in [5.74, 6) is 0.850. The van der Waals surface area contributed by atoms with Gasteiger partial charge in [-0.15, -0.1) is 0 Å². The van der Waals surface area contributed by atoms with Crippen LogP contribution in [0.3, 0.4) is 0 Å². The molecule has 0 amide bonds. The maximum Gasteiger partial charge on any atom is 0.101 e. The maximum atomic E-state index is 9.32. The molecule has 3 aromatic carbocycles. The molecule has 3 aromatic rings. The van der Waals surface area contributed by atoms with Gasteiger partial charge in [-0.05, 0) is 99.5 Å². The van der Waals surface area contributed by atoms with Crippen molar-refractivity contribution in [3.63, 3.8) is 0 Å². The Labute approximate surface area is 250 Å². The summed E-state index contributed by atoms with van der Waals surface area (Å²) in [4.78, 5) is 5.23. The van der Waals surface area contributed by atoms with Crippen LogP contribution in [0.25, 0.3) is 10.8 Å². The lowest BCUT2D eigenvalue weighted by molar-refractivity contribution is 0.233. The zero-order valence-corrected chi connectivity index (χ0v) is 25.6. The molecule has 4 saturated heterocycles. The lowest BCUT2D eigenvalue weighted by Crippen LogP contribution is -2.46. The molecule has 4 unspecified atom stereocenters. The molecule has 4 nitrogen and oxygen atoms in total. The quantitative estimate of drug-likeness (QED) is 0.311. The van der Waals surface area contributed by atoms with Crippen LogP contribution >= 0.6 is 11.6 Å². The van der Waals surface area contributed by atoms with Crippen LogP contribution in [0.15, 0.2) is 48.5 Å². The summed E-state index contributed by atoms with van der Waals surface area (Å²) in [6.07, 6.45) is 10.3. The Bertz CT molecular complexity index is 1520. The highest BCUT2D eigenvalue weighted by Crippen LogP contribution is 2.48. The molecule has 0 N–H and O–H groups in total. The molecule has 7 rings (SSSR count). The minimum Gasteiger partial charge on any atom is -0.365 e. The van der Waals surface area contributed by atoms with Gasteiger partial charge in [-0.2, -0.15) is 10.5 Å². The zero-order chi connectivity index (χ0) is 28.9. The molecule has 5 heteroatoms. The van der Waals surface area contributed by atoms with Crippen molar-refractivity contribution in [1.29, 1.82) is 10.5 Å². The van der Waals surface area contributed by atoms with Gasteiger partial charge in [0.2, 0.25) is 0 Å². The normalized spacial score (nSPS) is 27.6. The van der Waals surface area contributed by atoms with Gasteiger partial charge in [0.1, 0.15) is 6.07 Å². The average molecular weight is 565 g/mol. The van der Waals surface area contributed by atoms with Crippen molar-refractivity contribution in [3.05, 3.63) is 70.2 Å². The van der Waals surface area contributed by atoms with Crippen molar-refractivity contribution in [2.45, 2.75) is 103 Å². The molecule has 4 atom stereocenters. The summed E-state index contributed by atoms with van der Waals surface area (Å²) >= 11 is 6.34. The molecule has 0 aliphatic carbocycles. The highest BCUT2D eigenvalue weighted by molar-refractivity contribution is 6.32. The summed E-state index contributed by atoms with van der Waals surface area (Å²) in [6.45, 7) is 9.19. The van der Waals surface area contributed by atoms with Crippen LogP contribution in [0, 0.1) is 40.9 Å². The largest absolute Gasteiger partial charge is 0.365 e. The van der Waals surface area contributed by atoms with Crippen molar-refractivity contribution < 1.29 is 0 Å². The highest BCUT2D eigenvalue weighted by Gasteiger charge is 2.44. The lowest BCUT2D eigenvalue weighted by atomic mass is 9.78. The number of hydrogen-bond donors (Lipinski definition) is 0. The van der Waals surface area contributed by atoms with Crippen LogP contribution in [0.5, 0.6) is 0 Å². The molecule has 4 aliphatic rings. The SMILES string of the molecule is CC1CC2CCC(C1)N2c1ccc(C#N)c2ccccc12.Cc1c(N2C3CCC2CC(C)(C)C3)ccc(C#N)c1Cl. The van der Waals surface area contributed by atoms with Gasteiger partial charge in [-0.25, -0.2) is 0 Å². The van der Waals surface area contributed by atoms with Gasteiger partial charge < -0.3 is 9.80 Å². The minimum absolute atomic E-state index is 0.451. The van der Waals surface area contributed by atoms with Gasteiger partial charge in [-0.1, -0.05) is 56.6 Å². The van der Waals surface area contributed by atoms with Crippen molar-refractivity contribution in [2.24, 2.45) is 11.3 Å². The summed E-state index contributed by atoms with van der Waals surface area (Å²) in [7, 11) is 0. The van der Waals surface area contributed by atoms with Crippen molar-refractivity contribution >= 4 is 33.7 Å². The van der Waals surface area contributed by atoms with Crippen LogP contribution in [0.2, 0.25) is 5.02 Å². The highest BCUT2D eigenvalue weighted by atomic mass is 35.5. The first-order chi connectivity index (χ1) is 19.7. The first-order valence-corrected chi connectivity index (χ1v) is 15.8. The van der Waals surface area contributed by atoms with Gasteiger partial charge in [0.25, 0.3) is 0 Å². The number of nitrogens with zero attached hydrogens (tertiary/aromatic N) is 4. The fraction of sp³-hybridized carbons (Fsp3) is 0.500. The maximum absolute atomic E-state index is 9.32. The number of anilines is 2. The number of hydrogen-bond acceptors (Lipinski definition) is 4. The number of halogens is 1. The molecule has 0 aromatic heterocycles. The van der Waals surface area contributed by atoms with Gasteiger partial charge in [0, 0.05) is 46.3 Å². The van der Waals surface area contributed by atoms with E-state index in [-0.39, 0.29) is 0 Å². The molecular weight excluding hydrogens is 524 g/mol. The molecule has 4 fully saturated rings. The minimum atomic E-state index is 0.451. The Hall–Kier alpha value is -3.21. The number of nitriles is 2. The van der Waals surface area contributed by atoms with Gasteiger partial charge in [-0.3, -0.25) is 0 Å². The monoisotopic (exact) mass is 564 g/mol. The van der Waals surface area contributed by atoms with Crippen molar-refractivity contribution in [3.8, 4) is 12.1 Å². The van der Waals surface area contributed by atoms with Gasteiger partial charge in [0.05, 0.1) is 22.2 Å². The van der Waals surface area contributed by atoms with E-state index in [1.165, 1.54) is 68.1 Å². The number of benzene rings is 3. The third-order valence-electron chi connectivity index (χ3n) is 10.2. The van der Waals surface area contributed by atoms with Crippen LogP contribution < -0.4 is 9.80 Å². The Balaban J connectivity index is 0.000000148. The van der Waals surface area contributed by atoms with E-state index in [9.17, 15) is 5.26 Å². The van der Waals surface area contributed by atoms with Crippen LogP contribution in [-0.4, -0.2) is 24.2 Å². The summed E-state index contributed by atoms with van der Waals surface area (Å²) < 4.78 is 0. The molecule has 4 heterocycles. The van der Waals surface area contributed by atoms with Crippen LogP contribution in [0.1, 0.15) is 88.8 Å². The third-order valence-corrected chi connectivity index (χ3v) is 10.7. The second-order valence-corrected chi connectivity index (χ2v) is 14.1. The Kier molecular flexibility index (Phi) is 7.42. The second-order valence-electron chi connectivity index (χ2n) is 13.7. The zero-order valence-electron chi connectivity index (χ0n) is 24.8. The second kappa shape index (κ2) is 10.9. The molecule has 0 saturated carbocycles. The van der Waals surface area contributed by atoms with Crippen molar-refractivity contribution in [2.75, 3.05) is 9.80 Å². The molecule has 0 spiro atoms. The number of piperidine rings is 2. The molecule has 212 valence electrons. The lowest BCUT2D eigenvalue weighted by Gasteiger charge is -2.45. The summed E-state index contributed by atoms with van der Waals surface area (Å²) in [5, 5.41) is 21.4. The first-order valence-electron chi connectivity index (χ1n) is 15.4. The molecule has 41 heavy (non-hydrogen) atoms. The summed E-state index contributed by atoms with van der Waals surface area (Å²) in [5.41, 5.74) is 5.44. The van der Waals surface area contributed by atoms with Gasteiger partial charge >= 0.3 is 0 Å².